The van der Waals surface area contributed by atoms with Crippen LogP contribution in [0, 0.1) is 5.92 Å². The summed E-state index contributed by atoms with van der Waals surface area (Å²) in [5.41, 5.74) is 7.15. The van der Waals surface area contributed by atoms with E-state index in [4.69, 9.17) is 33.7 Å². The predicted octanol–water partition coefficient (Wildman–Crippen LogP) is 4.26. The normalized spacial score (nSPS) is 25.6. The number of rotatable bonds is 5. The van der Waals surface area contributed by atoms with Gasteiger partial charge in [0.1, 0.15) is 0 Å². The van der Waals surface area contributed by atoms with Crippen molar-refractivity contribution in [2.24, 2.45) is 11.7 Å². The van der Waals surface area contributed by atoms with Crippen LogP contribution >= 0.6 is 34.5 Å². The van der Waals surface area contributed by atoms with Crippen molar-refractivity contribution in [1.82, 2.24) is 0 Å². The lowest BCUT2D eigenvalue weighted by Gasteiger charge is -2.36. The molecule has 0 aliphatic heterocycles. The van der Waals surface area contributed by atoms with Gasteiger partial charge in [0.25, 0.3) is 0 Å². The van der Waals surface area contributed by atoms with E-state index in [1.54, 1.807) is 0 Å². The Morgan fingerprint density at radius 3 is 2.76 bits per heavy atom. The molecule has 1 heterocycles. The lowest BCUT2D eigenvalue weighted by atomic mass is 9.77. The van der Waals surface area contributed by atoms with E-state index in [1.165, 1.54) is 11.3 Å². The summed E-state index contributed by atoms with van der Waals surface area (Å²) in [6, 6.07) is 1.89. The van der Waals surface area contributed by atoms with Gasteiger partial charge in [0.15, 0.2) is 0 Å². The van der Waals surface area contributed by atoms with Crippen molar-refractivity contribution >= 4 is 34.5 Å². The van der Waals surface area contributed by atoms with Crippen molar-refractivity contribution in [2.45, 2.75) is 38.3 Å². The zero-order valence-electron chi connectivity index (χ0n) is 9.79. The number of nitrogens with two attached hydrogens (primary N) is 1. The summed E-state index contributed by atoms with van der Waals surface area (Å²) in [7, 11) is 0. The lowest BCUT2D eigenvalue weighted by molar-refractivity contribution is -0.0281. The van der Waals surface area contributed by atoms with Gasteiger partial charge in [-0.15, -0.1) is 11.3 Å². The summed E-state index contributed by atoms with van der Waals surface area (Å²) in [6.45, 7) is 2.83. The van der Waals surface area contributed by atoms with Crippen LogP contribution in [0.4, 0.5) is 0 Å². The molecule has 1 aliphatic rings. The summed E-state index contributed by atoms with van der Waals surface area (Å²) in [6.07, 6.45) is 3.66. The number of halogens is 2. The maximum absolute atomic E-state index is 6.16. The van der Waals surface area contributed by atoms with Gasteiger partial charge in [-0.1, -0.05) is 23.2 Å². The van der Waals surface area contributed by atoms with Crippen LogP contribution in [0.15, 0.2) is 6.07 Å². The van der Waals surface area contributed by atoms with Crippen LogP contribution in [-0.2, 0) is 4.74 Å². The van der Waals surface area contributed by atoms with Crippen LogP contribution in [0.3, 0.4) is 0 Å². The first kappa shape index (κ1) is 13.6. The Morgan fingerprint density at radius 1 is 1.53 bits per heavy atom. The first-order chi connectivity index (χ1) is 8.10. The molecule has 5 heteroatoms. The second-order valence-corrected chi connectivity index (χ2v) is 6.82. The molecule has 2 N–H and O–H groups in total. The summed E-state index contributed by atoms with van der Waals surface area (Å²) < 4.78 is 6.97. The van der Waals surface area contributed by atoms with Gasteiger partial charge >= 0.3 is 0 Å². The smallest absolute Gasteiger partial charge is 0.0991 e. The molecule has 0 aromatic carbocycles. The zero-order valence-corrected chi connectivity index (χ0v) is 12.1. The lowest BCUT2D eigenvalue weighted by Crippen LogP contribution is -2.33. The summed E-state index contributed by atoms with van der Waals surface area (Å²) in [5.74, 6) is 0.663. The van der Waals surface area contributed by atoms with Crippen LogP contribution in [0.5, 0.6) is 0 Å². The Balaban J connectivity index is 1.82. The topological polar surface area (TPSA) is 35.2 Å². The molecule has 0 radical (unpaired) electrons. The maximum Gasteiger partial charge on any atom is 0.0991 e. The molecule has 0 spiro atoms. The van der Waals surface area contributed by atoms with Gasteiger partial charge in [-0.3, -0.25) is 0 Å². The fraction of sp³-hybridized carbons (Fsp3) is 0.667. The highest BCUT2D eigenvalue weighted by Crippen LogP contribution is 2.40. The van der Waals surface area contributed by atoms with Crippen LogP contribution < -0.4 is 5.73 Å². The van der Waals surface area contributed by atoms with Gasteiger partial charge in [0.05, 0.1) is 14.8 Å². The highest BCUT2D eigenvalue weighted by atomic mass is 35.5. The molecular weight excluding hydrogens is 277 g/mol. The van der Waals surface area contributed by atoms with E-state index in [9.17, 15) is 0 Å². The fourth-order valence-corrected chi connectivity index (χ4v) is 3.93. The highest BCUT2D eigenvalue weighted by Gasteiger charge is 2.31. The van der Waals surface area contributed by atoms with E-state index >= 15 is 0 Å². The van der Waals surface area contributed by atoms with Crippen molar-refractivity contribution in [3.05, 3.63) is 20.3 Å². The van der Waals surface area contributed by atoms with Crippen LogP contribution in [-0.4, -0.2) is 12.7 Å². The largest absolute Gasteiger partial charge is 0.378 e. The van der Waals surface area contributed by atoms with Gasteiger partial charge in [0.2, 0.25) is 0 Å². The average molecular weight is 294 g/mol. The van der Waals surface area contributed by atoms with Gasteiger partial charge in [0, 0.05) is 12.6 Å². The van der Waals surface area contributed by atoms with Crippen molar-refractivity contribution in [3.8, 4) is 0 Å². The van der Waals surface area contributed by atoms with E-state index in [1.807, 2.05) is 13.0 Å². The van der Waals surface area contributed by atoms with Crippen molar-refractivity contribution in [2.75, 3.05) is 6.61 Å². The van der Waals surface area contributed by atoms with Gasteiger partial charge in [-0.05, 0) is 43.7 Å². The molecule has 1 aromatic heterocycles. The fourth-order valence-electron chi connectivity index (χ4n) is 2.33. The van der Waals surface area contributed by atoms with Crippen molar-refractivity contribution in [3.63, 3.8) is 0 Å². The predicted molar refractivity (Wildman–Crippen MR) is 74.0 cm³/mol. The average Bonchev–Trinajstić information content (AvgIpc) is 2.54. The van der Waals surface area contributed by atoms with Crippen LogP contribution in [0.25, 0.3) is 0 Å². The molecule has 17 heavy (non-hydrogen) atoms. The minimum absolute atomic E-state index is 0.00109. The molecule has 1 fully saturated rings. The SMILES string of the molecule is CCOC1CC(CC(N)c2cc(Cl)sc2Cl)C1. The Morgan fingerprint density at radius 2 is 2.24 bits per heavy atom. The second kappa shape index (κ2) is 5.89. The number of ether oxygens (including phenoxy) is 1. The monoisotopic (exact) mass is 293 g/mol. The Hall–Kier alpha value is 0.200. The minimum Gasteiger partial charge on any atom is -0.378 e. The van der Waals surface area contributed by atoms with E-state index in [0.29, 0.717) is 16.4 Å². The van der Waals surface area contributed by atoms with Crippen LogP contribution in [0.2, 0.25) is 8.67 Å². The van der Waals surface area contributed by atoms with E-state index in [2.05, 4.69) is 0 Å². The summed E-state index contributed by atoms with van der Waals surface area (Å²) >= 11 is 13.4. The Labute approximate surface area is 116 Å². The van der Waals surface area contributed by atoms with E-state index < -0.39 is 0 Å². The van der Waals surface area contributed by atoms with E-state index in [-0.39, 0.29) is 6.04 Å². The second-order valence-electron chi connectivity index (χ2n) is 4.54. The van der Waals surface area contributed by atoms with Crippen LogP contribution in [0.1, 0.15) is 37.8 Å². The van der Waals surface area contributed by atoms with Gasteiger partial charge in [-0.2, -0.15) is 0 Å². The Kier molecular flexibility index (Phi) is 4.72. The van der Waals surface area contributed by atoms with Crippen molar-refractivity contribution < 1.29 is 4.74 Å². The molecule has 1 aliphatic carbocycles. The third-order valence-corrected chi connectivity index (χ3v) is 4.78. The molecule has 1 aromatic rings. The molecule has 96 valence electrons. The third kappa shape index (κ3) is 3.36. The molecule has 1 unspecified atom stereocenters. The third-order valence-electron chi connectivity index (χ3n) is 3.26. The van der Waals surface area contributed by atoms with Gasteiger partial charge in [-0.25, -0.2) is 0 Å². The summed E-state index contributed by atoms with van der Waals surface area (Å²) in [4.78, 5) is 0. The maximum atomic E-state index is 6.16. The molecular formula is C12H17Cl2NOS. The number of hydrogen-bond donors (Lipinski definition) is 1. The quantitative estimate of drug-likeness (QED) is 0.880. The zero-order chi connectivity index (χ0) is 12.4. The van der Waals surface area contributed by atoms with Crippen molar-refractivity contribution in [1.29, 1.82) is 0 Å². The standard InChI is InChI=1S/C12H17Cl2NOS/c1-2-16-8-3-7(4-8)5-10(15)9-6-11(13)17-12(9)14/h6-8,10H,2-5,15H2,1H3. The first-order valence-electron chi connectivity index (χ1n) is 5.92. The molecule has 2 nitrogen and oxygen atoms in total. The number of thiophene rings is 1. The Bertz CT molecular complexity index is 377. The number of hydrogen-bond acceptors (Lipinski definition) is 3. The van der Waals surface area contributed by atoms with E-state index in [0.717, 1.165) is 35.8 Å². The van der Waals surface area contributed by atoms with Gasteiger partial charge < -0.3 is 10.5 Å². The molecule has 0 saturated heterocycles. The highest BCUT2D eigenvalue weighted by molar-refractivity contribution is 7.20. The minimum atomic E-state index is -0.00109. The molecule has 2 rings (SSSR count). The molecule has 1 saturated carbocycles. The molecule has 1 atom stereocenters. The molecule has 0 bridgehead atoms. The molecule has 0 amide bonds. The summed E-state index contributed by atoms with van der Waals surface area (Å²) in [5, 5.41) is 0. The first-order valence-corrected chi connectivity index (χ1v) is 7.49.